The summed E-state index contributed by atoms with van der Waals surface area (Å²) in [6.07, 6.45) is 2.91. The van der Waals surface area contributed by atoms with E-state index >= 15 is 0 Å². The first-order valence-electron chi connectivity index (χ1n) is 9.52. The van der Waals surface area contributed by atoms with Crippen LogP contribution >= 0.6 is 11.6 Å². The Morgan fingerprint density at radius 1 is 1.19 bits per heavy atom. The first-order chi connectivity index (χ1) is 12.6. The van der Waals surface area contributed by atoms with E-state index in [1.807, 2.05) is 12.1 Å². The minimum absolute atomic E-state index is 0.109. The van der Waals surface area contributed by atoms with Crippen molar-refractivity contribution in [2.75, 3.05) is 18.0 Å². The van der Waals surface area contributed by atoms with E-state index in [1.54, 1.807) is 6.92 Å². The van der Waals surface area contributed by atoms with Gasteiger partial charge in [-0.1, -0.05) is 54.9 Å². The Hall–Kier alpha value is -2.00. The lowest BCUT2D eigenvalue weighted by Crippen LogP contribution is -2.41. The summed E-state index contributed by atoms with van der Waals surface area (Å²) in [5, 5.41) is 0.814. The molecule has 0 radical (unpaired) electrons. The molecule has 3 nitrogen and oxygen atoms in total. The Bertz CT molecular complexity index is 835. The second kappa shape index (κ2) is 6.96. The Labute approximate surface area is 160 Å². The van der Waals surface area contributed by atoms with E-state index in [4.69, 9.17) is 11.6 Å². The number of anilines is 1. The number of halogens is 1. The predicted octanol–water partition coefficient (Wildman–Crippen LogP) is 5.15. The van der Waals surface area contributed by atoms with Crippen molar-refractivity contribution in [1.82, 2.24) is 4.90 Å². The fraction of sp³-hybridized carbons (Fsp3) is 0.409. The fourth-order valence-electron chi connectivity index (χ4n) is 4.67. The lowest BCUT2D eigenvalue weighted by atomic mass is 9.86. The fourth-order valence-corrected chi connectivity index (χ4v) is 4.93. The highest BCUT2D eigenvalue weighted by atomic mass is 35.5. The van der Waals surface area contributed by atoms with Gasteiger partial charge >= 0.3 is 0 Å². The second-order valence-electron chi connectivity index (χ2n) is 7.30. The molecule has 0 N–H and O–H groups in total. The van der Waals surface area contributed by atoms with Gasteiger partial charge in [0.05, 0.1) is 12.1 Å². The van der Waals surface area contributed by atoms with E-state index < -0.39 is 0 Å². The summed E-state index contributed by atoms with van der Waals surface area (Å²) in [6, 6.07) is 15.0. The molecule has 2 aliphatic rings. The normalized spacial score (nSPS) is 20.8. The molecular formula is C22H25ClN2O. The molecule has 2 atom stereocenters. The lowest BCUT2D eigenvalue weighted by molar-refractivity contribution is -0.131. The van der Waals surface area contributed by atoms with Gasteiger partial charge in [0.2, 0.25) is 5.91 Å². The van der Waals surface area contributed by atoms with Gasteiger partial charge in [-0.05, 0) is 42.0 Å². The SMILES string of the molecule is CCCN(C(C)=O)C1CC(c2ccccc2Cl)N2CCc3cccc1c32. The zero-order valence-corrected chi connectivity index (χ0v) is 16.2. The monoisotopic (exact) mass is 368 g/mol. The Morgan fingerprint density at radius 2 is 1.96 bits per heavy atom. The minimum atomic E-state index is 0.109. The van der Waals surface area contributed by atoms with E-state index in [-0.39, 0.29) is 18.0 Å². The van der Waals surface area contributed by atoms with Gasteiger partial charge in [0, 0.05) is 30.7 Å². The van der Waals surface area contributed by atoms with Gasteiger partial charge in [0.25, 0.3) is 0 Å². The number of para-hydroxylation sites is 1. The summed E-state index contributed by atoms with van der Waals surface area (Å²) in [7, 11) is 0. The largest absolute Gasteiger partial charge is 0.363 e. The Balaban J connectivity index is 1.84. The molecule has 0 spiro atoms. The minimum Gasteiger partial charge on any atom is -0.363 e. The van der Waals surface area contributed by atoms with Gasteiger partial charge < -0.3 is 9.80 Å². The number of rotatable bonds is 4. The van der Waals surface area contributed by atoms with E-state index in [0.29, 0.717) is 0 Å². The molecule has 4 heteroatoms. The summed E-state index contributed by atoms with van der Waals surface area (Å²) in [4.78, 5) is 17.0. The molecule has 2 heterocycles. The zero-order valence-electron chi connectivity index (χ0n) is 15.4. The van der Waals surface area contributed by atoms with Crippen LogP contribution in [0, 0.1) is 0 Å². The van der Waals surface area contributed by atoms with Crippen molar-refractivity contribution >= 4 is 23.2 Å². The number of hydrogen-bond acceptors (Lipinski definition) is 2. The maximum absolute atomic E-state index is 12.4. The molecule has 4 rings (SSSR count). The van der Waals surface area contributed by atoms with Crippen molar-refractivity contribution in [3.63, 3.8) is 0 Å². The third-order valence-corrected chi connectivity index (χ3v) is 6.10. The number of benzene rings is 2. The van der Waals surface area contributed by atoms with Crippen LogP contribution in [0.5, 0.6) is 0 Å². The predicted molar refractivity (Wildman–Crippen MR) is 107 cm³/mol. The first-order valence-corrected chi connectivity index (χ1v) is 9.89. The van der Waals surface area contributed by atoms with Crippen LogP contribution in [-0.4, -0.2) is 23.9 Å². The second-order valence-corrected chi connectivity index (χ2v) is 7.71. The molecule has 2 aromatic carbocycles. The van der Waals surface area contributed by atoms with Crippen molar-refractivity contribution in [2.24, 2.45) is 0 Å². The third-order valence-electron chi connectivity index (χ3n) is 5.75. The molecule has 2 aliphatic heterocycles. The smallest absolute Gasteiger partial charge is 0.219 e. The van der Waals surface area contributed by atoms with Crippen molar-refractivity contribution in [3.8, 4) is 0 Å². The van der Waals surface area contributed by atoms with Crippen molar-refractivity contribution in [1.29, 1.82) is 0 Å². The quantitative estimate of drug-likeness (QED) is 0.745. The highest BCUT2D eigenvalue weighted by Gasteiger charge is 2.40. The average Bonchev–Trinajstić information content (AvgIpc) is 3.07. The first kappa shape index (κ1) is 17.4. The standard InChI is InChI=1S/C22H25ClN2O/c1-3-12-24(15(2)26)21-14-20(17-8-4-5-10-19(17)23)25-13-11-16-7-6-9-18(21)22(16)25/h4-10,20-21H,3,11-14H2,1-2H3. The lowest BCUT2D eigenvalue weighted by Gasteiger charge is -2.44. The highest BCUT2D eigenvalue weighted by Crippen LogP contribution is 2.51. The molecule has 0 aromatic heterocycles. The van der Waals surface area contributed by atoms with Crippen molar-refractivity contribution < 1.29 is 4.79 Å². The number of carbonyl (C=O) groups excluding carboxylic acids is 1. The average molecular weight is 369 g/mol. The molecule has 2 aromatic rings. The summed E-state index contributed by atoms with van der Waals surface area (Å²) in [5.41, 5.74) is 5.19. The van der Waals surface area contributed by atoms with E-state index in [1.165, 1.54) is 22.4 Å². The molecule has 0 saturated heterocycles. The Morgan fingerprint density at radius 3 is 2.69 bits per heavy atom. The zero-order chi connectivity index (χ0) is 18.3. The molecule has 26 heavy (non-hydrogen) atoms. The maximum Gasteiger partial charge on any atom is 0.219 e. The molecule has 0 fully saturated rings. The Kier molecular flexibility index (Phi) is 4.66. The third kappa shape index (κ3) is 2.79. The van der Waals surface area contributed by atoms with E-state index in [2.05, 4.69) is 47.1 Å². The van der Waals surface area contributed by atoms with Gasteiger partial charge in [-0.25, -0.2) is 0 Å². The van der Waals surface area contributed by atoms with E-state index in [9.17, 15) is 4.79 Å². The van der Waals surface area contributed by atoms with Gasteiger partial charge in [-0.3, -0.25) is 4.79 Å². The van der Waals surface area contributed by atoms with Crippen LogP contribution in [0.25, 0.3) is 0 Å². The van der Waals surface area contributed by atoms with Crippen LogP contribution in [-0.2, 0) is 11.2 Å². The van der Waals surface area contributed by atoms with Gasteiger partial charge in [-0.2, -0.15) is 0 Å². The van der Waals surface area contributed by atoms with Crippen LogP contribution in [0.1, 0.15) is 55.5 Å². The summed E-state index contributed by atoms with van der Waals surface area (Å²) in [5.74, 6) is 0.152. The molecule has 1 amide bonds. The van der Waals surface area contributed by atoms with Gasteiger partial charge in [0.15, 0.2) is 0 Å². The van der Waals surface area contributed by atoms with Crippen molar-refractivity contribution in [3.05, 3.63) is 64.2 Å². The van der Waals surface area contributed by atoms with Gasteiger partial charge in [0.1, 0.15) is 0 Å². The summed E-state index contributed by atoms with van der Waals surface area (Å²) < 4.78 is 0. The molecule has 0 saturated carbocycles. The van der Waals surface area contributed by atoms with Crippen LogP contribution in [0.4, 0.5) is 5.69 Å². The molecule has 0 bridgehead atoms. The highest BCUT2D eigenvalue weighted by molar-refractivity contribution is 6.31. The maximum atomic E-state index is 12.4. The molecular weight excluding hydrogens is 344 g/mol. The van der Waals surface area contributed by atoms with Crippen LogP contribution in [0.3, 0.4) is 0 Å². The number of nitrogens with zero attached hydrogens (tertiary/aromatic N) is 2. The molecule has 136 valence electrons. The number of hydrogen-bond donors (Lipinski definition) is 0. The summed E-state index contributed by atoms with van der Waals surface area (Å²) in [6.45, 7) is 5.63. The number of carbonyl (C=O) groups is 1. The molecule has 2 unspecified atom stereocenters. The van der Waals surface area contributed by atoms with Gasteiger partial charge in [-0.15, -0.1) is 0 Å². The topological polar surface area (TPSA) is 23.6 Å². The van der Waals surface area contributed by atoms with Crippen LogP contribution in [0.2, 0.25) is 5.02 Å². The van der Waals surface area contributed by atoms with Crippen molar-refractivity contribution in [2.45, 2.75) is 45.2 Å². The molecule has 0 aliphatic carbocycles. The summed E-state index contributed by atoms with van der Waals surface area (Å²) >= 11 is 6.57. The van der Waals surface area contributed by atoms with E-state index in [0.717, 1.165) is 37.4 Å². The van der Waals surface area contributed by atoms with Crippen LogP contribution < -0.4 is 4.90 Å². The number of amides is 1. The van der Waals surface area contributed by atoms with Crippen LogP contribution in [0.15, 0.2) is 42.5 Å².